The highest BCUT2D eigenvalue weighted by Gasteiger charge is 2.39. The van der Waals surface area contributed by atoms with Crippen LogP contribution in [0.5, 0.6) is 0 Å². The van der Waals surface area contributed by atoms with Gasteiger partial charge in [0.25, 0.3) is 0 Å². The van der Waals surface area contributed by atoms with Gasteiger partial charge in [-0.25, -0.2) is 9.38 Å². The lowest BCUT2D eigenvalue weighted by Gasteiger charge is -2.38. The minimum Gasteiger partial charge on any atom is -0.370 e. The zero-order valence-electron chi connectivity index (χ0n) is 14.8. The molecule has 2 heterocycles. The molecule has 3 aromatic rings. The molecule has 5 nitrogen and oxygen atoms in total. The third-order valence-corrected chi connectivity index (χ3v) is 4.58. The molecular weight excluding hydrogens is 343 g/mol. The maximum atomic E-state index is 14.6. The molecule has 0 saturated carbocycles. The molecule has 0 aliphatic carbocycles. The minimum absolute atomic E-state index is 0.239. The Morgan fingerprint density at radius 3 is 2.56 bits per heavy atom. The summed E-state index contributed by atoms with van der Waals surface area (Å²) in [6.07, 6.45) is 3.38. The van der Waals surface area contributed by atoms with Crippen molar-refractivity contribution in [2.24, 2.45) is 10.7 Å². The van der Waals surface area contributed by atoms with E-state index in [1.165, 1.54) is 12.1 Å². The molecule has 1 aliphatic rings. The van der Waals surface area contributed by atoms with Crippen LogP contribution < -0.4 is 5.73 Å². The summed E-state index contributed by atoms with van der Waals surface area (Å²) in [5.74, 6) is -0.0461. The number of aromatic nitrogens is 1. The largest absolute Gasteiger partial charge is 0.370 e. The highest BCUT2D eigenvalue weighted by atomic mass is 19.1. The number of nitrogens with zero attached hydrogens (tertiary/aromatic N) is 3. The van der Waals surface area contributed by atoms with Crippen LogP contribution in [0.15, 0.2) is 78.0 Å². The van der Waals surface area contributed by atoms with Gasteiger partial charge in [-0.15, -0.1) is 0 Å². The fourth-order valence-corrected chi connectivity index (χ4v) is 3.15. The number of hydrogen-bond acceptors (Lipinski definition) is 5. The van der Waals surface area contributed by atoms with E-state index in [9.17, 15) is 4.39 Å². The molecule has 0 radical (unpaired) electrons. The Hall–Kier alpha value is -3.25. The third kappa shape index (κ3) is 3.15. The van der Waals surface area contributed by atoms with Gasteiger partial charge in [0.1, 0.15) is 12.5 Å². The van der Waals surface area contributed by atoms with E-state index < -0.39 is 5.72 Å². The first-order valence-corrected chi connectivity index (χ1v) is 8.56. The van der Waals surface area contributed by atoms with Gasteiger partial charge in [0.05, 0.1) is 0 Å². The molecule has 0 bridgehead atoms. The summed E-state index contributed by atoms with van der Waals surface area (Å²) in [6, 6.07) is 18.0. The molecule has 136 valence electrons. The molecular formula is C21H19FN4O. The number of aliphatic imine (C=N–C) groups is 1. The lowest BCUT2D eigenvalue weighted by atomic mass is 9.91. The number of guanidine groups is 1. The zero-order valence-corrected chi connectivity index (χ0v) is 14.8. The molecule has 2 aromatic carbocycles. The Balaban J connectivity index is 1.93. The van der Waals surface area contributed by atoms with E-state index >= 15 is 0 Å². The van der Waals surface area contributed by atoms with Crippen LogP contribution in [0.25, 0.3) is 11.1 Å². The van der Waals surface area contributed by atoms with Gasteiger partial charge in [-0.1, -0.05) is 36.4 Å². The monoisotopic (exact) mass is 362 g/mol. The normalized spacial score (nSPS) is 19.6. The Labute approximate surface area is 156 Å². The van der Waals surface area contributed by atoms with Gasteiger partial charge >= 0.3 is 0 Å². The molecule has 0 spiro atoms. The number of hydrogen-bond donors (Lipinski definition) is 1. The molecule has 1 aliphatic heterocycles. The zero-order chi connectivity index (χ0) is 18.9. The Morgan fingerprint density at radius 2 is 1.85 bits per heavy atom. The predicted molar refractivity (Wildman–Crippen MR) is 102 cm³/mol. The van der Waals surface area contributed by atoms with E-state index in [0.29, 0.717) is 17.1 Å². The van der Waals surface area contributed by atoms with E-state index in [1.54, 1.807) is 24.3 Å². The average Bonchev–Trinajstić information content (AvgIpc) is 2.71. The fraction of sp³-hybridized carbons (Fsp3) is 0.143. The van der Waals surface area contributed by atoms with Crippen LogP contribution in [0.4, 0.5) is 4.39 Å². The Morgan fingerprint density at radius 1 is 1.04 bits per heavy atom. The summed E-state index contributed by atoms with van der Waals surface area (Å²) in [4.78, 5) is 10.4. The van der Waals surface area contributed by atoms with Gasteiger partial charge in [0.15, 0.2) is 5.96 Å². The molecule has 0 saturated heterocycles. The summed E-state index contributed by atoms with van der Waals surface area (Å²) in [6.45, 7) is 0.239. The highest BCUT2D eigenvalue weighted by molar-refractivity contribution is 5.79. The van der Waals surface area contributed by atoms with Gasteiger partial charge in [-0.2, -0.15) is 0 Å². The number of nitrogens with two attached hydrogens (primary N) is 1. The Kier molecular flexibility index (Phi) is 4.33. The maximum Gasteiger partial charge on any atom is 0.216 e. The van der Waals surface area contributed by atoms with Crippen molar-refractivity contribution in [3.8, 4) is 11.1 Å². The van der Waals surface area contributed by atoms with Gasteiger partial charge in [0.2, 0.25) is 5.72 Å². The number of ether oxygens (including phenoxy) is 1. The smallest absolute Gasteiger partial charge is 0.216 e. The minimum atomic E-state index is -1.21. The first-order chi connectivity index (χ1) is 13.1. The molecule has 1 aromatic heterocycles. The summed E-state index contributed by atoms with van der Waals surface area (Å²) < 4.78 is 20.7. The number of halogens is 1. The SMILES string of the molecule is CN1COC(c2ccccc2)(c2cc(F)cc(-c3cccnc3)c2)N=C1N. The molecule has 2 N–H and O–H groups in total. The van der Waals surface area contributed by atoms with Crippen molar-refractivity contribution in [1.29, 1.82) is 0 Å². The quantitative estimate of drug-likeness (QED) is 0.776. The van der Waals surface area contributed by atoms with E-state index in [0.717, 1.165) is 11.1 Å². The number of benzene rings is 2. The number of rotatable bonds is 3. The molecule has 0 amide bonds. The van der Waals surface area contributed by atoms with Crippen LogP contribution in [0, 0.1) is 5.82 Å². The van der Waals surface area contributed by atoms with E-state index in [4.69, 9.17) is 10.5 Å². The fourth-order valence-electron chi connectivity index (χ4n) is 3.15. The molecule has 6 heteroatoms. The van der Waals surface area contributed by atoms with Crippen LogP contribution in [-0.2, 0) is 10.5 Å². The summed E-state index contributed by atoms with van der Waals surface area (Å²) in [5, 5.41) is 0. The van der Waals surface area contributed by atoms with Crippen molar-refractivity contribution >= 4 is 5.96 Å². The second kappa shape index (κ2) is 6.81. The van der Waals surface area contributed by atoms with Crippen molar-refractivity contribution in [1.82, 2.24) is 9.88 Å². The van der Waals surface area contributed by atoms with Crippen LogP contribution in [0.3, 0.4) is 0 Å². The lowest BCUT2D eigenvalue weighted by Crippen LogP contribution is -2.47. The van der Waals surface area contributed by atoms with Gasteiger partial charge < -0.3 is 15.4 Å². The Bertz CT molecular complexity index is 978. The van der Waals surface area contributed by atoms with E-state index in [-0.39, 0.29) is 12.5 Å². The van der Waals surface area contributed by atoms with Crippen molar-refractivity contribution in [3.63, 3.8) is 0 Å². The number of pyridine rings is 1. The summed E-state index contributed by atoms with van der Waals surface area (Å²) in [5.41, 5.74) is 7.76. The van der Waals surface area contributed by atoms with Gasteiger partial charge in [0, 0.05) is 36.1 Å². The van der Waals surface area contributed by atoms with Gasteiger partial charge in [-0.3, -0.25) is 4.98 Å². The molecule has 4 rings (SSSR count). The van der Waals surface area contributed by atoms with E-state index in [2.05, 4.69) is 9.98 Å². The van der Waals surface area contributed by atoms with Crippen molar-refractivity contribution in [3.05, 3.63) is 90.0 Å². The van der Waals surface area contributed by atoms with Crippen LogP contribution in [-0.4, -0.2) is 29.6 Å². The maximum absolute atomic E-state index is 14.6. The van der Waals surface area contributed by atoms with Crippen molar-refractivity contribution in [2.75, 3.05) is 13.8 Å². The second-order valence-electron chi connectivity index (χ2n) is 6.42. The van der Waals surface area contributed by atoms with Crippen molar-refractivity contribution in [2.45, 2.75) is 5.72 Å². The van der Waals surface area contributed by atoms with E-state index in [1.807, 2.05) is 48.5 Å². The first-order valence-electron chi connectivity index (χ1n) is 8.56. The summed E-state index contributed by atoms with van der Waals surface area (Å²) in [7, 11) is 1.79. The van der Waals surface area contributed by atoms with Crippen LogP contribution in [0.2, 0.25) is 0 Å². The highest BCUT2D eigenvalue weighted by Crippen LogP contribution is 2.39. The lowest BCUT2D eigenvalue weighted by molar-refractivity contribution is -0.0621. The standard InChI is InChI=1S/C21H19FN4O/c1-26-14-27-21(25-20(26)23,17-7-3-2-4-8-17)18-10-16(11-19(22)12-18)15-6-5-9-24-13-15/h2-13H,14H2,1H3,(H2,23,25). The predicted octanol–water partition coefficient (Wildman–Crippen LogP) is 3.32. The second-order valence-corrected chi connectivity index (χ2v) is 6.42. The molecule has 1 atom stereocenters. The van der Waals surface area contributed by atoms with Crippen LogP contribution in [0.1, 0.15) is 11.1 Å². The summed E-state index contributed by atoms with van der Waals surface area (Å²) >= 11 is 0. The van der Waals surface area contributed by atoms with Gasteiger partial charge in [-0.05, 0) is 29.8 Å². The van der Waals surface area contributed by atoms with Crippen LogP contribution >= 0.6 is 0 Å². The average molecular weight is 362 g/mol. The topological polar surface area (TPSA) is 63.7 Å². The van der Waals surface area contributed by atoms with Crippen molar-refractivity contribution < 1.29 is 9.13 Å². The first kappa shape index (κ1) is 17.2. The molecule has 0 fully saturated rings. The molecule has 1 unspecified atom stereocenters. The third-order valence-electron chi connectivity index (χ3n) is 4.58. The molecule has 27 heavy (non-hydrogen) atoms.